The largest absolute Gasteiger partial charge is 0.416 e. The molecule has 0 spiro atoms. The smallest absolute Gasteiger partial charge is 0.308 e. The number of anilines is 1. The molecule has 0 aromatic heterocycles. The SMILES string of the molecule is Cc1cc(C(=O)N2CCCc3cc(C(F)(F)F)ccc32)ccc1[N+](=O)[O-]. The number of hydrogen-bond acceptors (Lipinski definition) is 3. The Bertz CT molecular complexity index is 894. The molecule has 0 unspecified atom stereocenters. The van der Waals surface area contributed by atoms with Crippen molar-refractivity contribution in [1.29, 1.82) is 0 Å². The third kappa shape index (κ3) is 3.26. The molecule has 1 amide bonds. The molecule has 0 N–H and O–H groups in total. The van der Waals surface area contributed by atoms with Crippen LogP contribution in [-0.2, 0) is 12.6 Å². The molecule has 1 heterocycles. The van der Waals surface area contributed by atoms with Gasteiger partial charge in [-0.05, 0) is 55.7 Å². The summed E-state index contributed by atoms with van der Waals surface area (Å²) in [6.45, 7) is 1.92. The van der Waals surface area contributed by atoms with E-state index in [1.807, 2.05) is 0 Å². The minimum Gasteiger partial charge on any atom is -0.308 e. The highest BCUT2D eigenvalue weighted by Crippen LogP contribution is 2.35. The highest BCUT2D eigenvalue weighted by Gasteiger charge is 2.33. The fourth-order valence-corrected chi connectivity index (χ4v) is 3.13. The fraction of sp³-hybridized carbons (Fsp3) is 0.278. The monoisotopic (exact) mass is 364 g/mol. The molecule has 2 aromatic rings. The standard InChI is InChI=1S/C18H15F3N2O3/c1-11-9-13(4-6-15(11)23(25)26)17(24)22-8-2-3-12-10-14(18(19,20)21)5-7-16(12)22/h4-7,9-10H,2-3,8H2,1H3. The normalized spacial score (nSPS) is 14.1. The first-order valence-corrected chi connectivity index (χ1v) is 7.95. The summed E-state index contributed by atoms with van der Waals surface area (Å²) in [7, 11) is 0. The number of amides is 1. The molecule has 1 aliphatic rings. The predicted molar refractivity (Wildman–Crippen MR) is 89.3 cm³/mol. The second kappa shape index (κ2) is 6.44. The van der Waals surface area contributed by atoms with Crippen molar-refractivity contribution in [3.63, 3.8) is 0 Å². The molecule has 0 bridgehead atoms. The van der Waals surface area contributed by atoms with Gasteiger partial charge in [0.05, 0.1) is 10.5 Å². The number of carbonyl (C=O) groups is 1. The van der Waals surface area contributed by atoms with Gasteiger partial charge < -0.3 is 4.90 Å². The maximum absolute atomic E-state index is 12.9. The van der Waals surface area contributed by atoms with E-state index in [0.717, 1.165) is 12.1 Å². The van der Waals surface area contributed by atoms with E-state index in [-0.39, 0.29) is 17.2 Å². The second-order valence-corrected chi connectivity index (χ2v) is 6.16. The highest BCUT2D eigenvalue weighted by molar-refractivity contribution is 6.07. The zero-order chi connectivity index (χ0) is 19.1. The van der Waals surface area contributed by atoms with Crippen LogP contribution in [0.2, 0.25) is 0 Å². The van der Waals surface area contributed by atoms with Crippen LogP contribution in [0.1, 0.15) is 33.5 Å². The summed E-state index contributed by atoms with van der Waals surface area (Å²) < 4.78 is 38.7. The first-order chi connectivity index (χ1) is 12.2. The molecule has 0 atom stereocenters. The van der Waals surface area contributed by atoms with E-state index in [2.05, 4.69) is 0 Å². The number of rotatable bonds is 2. The Morgan fingerprint density at radius 1 is 1.19 bits per heavy atom. The zero-order valence-electron chi connectivity index (χ0n) is 13.8. The highest BCUT2D eigenvalue weighted by atomic mass is 19.4. The number of alkyl halides is 3. The lowest BCUT2D eigenvalue weighted by Gasteiger charge is -2.30. The number of nitro benzene ring substituents is 1. The summed E-state index contributed by atoms with van der Waals surface area (Å²) in [4.78, 5) is 24.6. The average Bonchev–Trinajstić information content (AvgIpc) is 2.58. The topological polar surface area (TPSA) is 63.5 Å². The molecule has 0 saturated carbocycles. The van der Waals surface area contributed by atoms with Crippen LogP contribution < -0.4 is 4.90 Å². The van der Waals surface area contributed by atoms with Crippen LogP contribution in [0.25, 0.3) is 0 Å². The molecule has 0 saturated heterocycles. The molecule has 1 aliphatic heterocycles. The van der Waals surface area contributed by atoms with Gasteiger partial charge in [0, 0.05) is 29.4 Å². The summed E-state index contributed by atoms with van der Waals surface area (Å²) in [6, 6.07) is 7.42. The van der Waals surface area contributed by atoms with Gasteiger partial charge in [-0.3, -0.25) is 14.9 Å². The van der Waals surface area contributed by atoms with Crippen molar-refractivity contribution in [3.05, 3.63) is 68.8 Å². The molecular weight excluding hydrogens is 349 g/mol. The lowest BCUT2D eigenvalue weighted by Crippen LogP contribution is -2.35. The average molecular weight is 364 g/mol. The predicted octanol–water partition coefficient (Wildman–Crippen LogP) is 4.52. The number of benzene rings is 2. The van der Waals surface area contributed by atoms with Crippen molar-refractivity contribution >= 4 is 17.3 Å². The Morgan fingerprint density at radius 2 is 1.92 bits per heavy atom. The number of nitrogens with zero attached hydrogens (tertiary/aromatic N) is 2. The molecule has 0 fully saturated rings. The van der Waals surface area contributed by atoms with Crippen molar-refractivity contribution < 1.29 is 22.9 Å². The van der Waals surface area contributed by atoms with Crippen LogP contribution in [-0.4, -0.2) is 17.4 Å². The van der Waals surface area contributed by atoms with E-state index < -0.39 is 16.7 Å². The fourth-order valence-electron chi connectivity index (χ4n) is 3.13. The van der Waals surface area contributed by atoms with Crippen LogP contribution in [0.3, 0.4) is 0 Å². The quantitative estimate of drug-likeness (QED) is 0.582. The van der Waals surface area contributed by atoms with Crippen molar-refractivity contribution in [2.45, 2.75) is 25.9 Å². The molecular formula is C18H15F3N2O3. The van der Waals surface area contributed by atoms with E-state index in [1.54, 1.807) is 0 Å². The van der Waals surface area contributed by atoms with Gasteiger partial charge in [0.2, 0.25) is 0 Å². The number of carbonyl (C=O) groups excluding carboxylic acids is 1. The van der Waals surface area contributed by atoms with Gasteiger partial charge in [-0.15, -0.1) is 0 Å². The number of aryl methyl sites for hydroxylation is 2. The molecule has 3 rings (SSSR count). The third-order valence-electron chi connectivity index (χ3n) is 4.41. The molecule has 2 aromatic carbocycles. The van der Waals surface area contributed by atoms with Gasteiger partial charge in [-0.25, -0.2) is 0 Å². The van der Waals surface area contributed by atoms with Crippen LogP contribution in [0, 0.1) is 17.0 Å². The molecule has 0 radical (unpaired) electrons. The van der Waals surface area contributed by atoms with E-state index in [1.165, 1.54) is 36.1 Å². The second-order valence-electron chi connectivity index (χ2n) is 6.16. The van der Waals surface area contributed by atoms with Gasteiger partial charge in [-0.2, -0.15) is 13.2 Å². The lowest BCUT2D eigenvalue weighted by atomic mass is 9.98. The maximum Gasteiger partial charge on any atom is 0.416 e. The van der Waals surface area contributed by atoms with Crippen molar-refractivity contribution in [3.8, 4) is 0 Å². The Kier molecular flexibility index (Phi) is 4.43. The van der Waals surface area contributed by atoms with Gasteiger partial charge in [0.15, 0.2) is 0 Å². The summed E-state index contributed by atoms with van der Waals surface area (Å²) in [5, 5.41) is 10.9. The summed E-state index contributed by atoms with van der Waals surface area (Å²) >= 11 is 0. The van der Waals surface area contributed by atoms with Crippen LogP contribution in [0.15, 0.2) is 36.4 Å². The number of nitro groups is 1. The molecule has 136 valence electrons. The van der Waals surface area contributed by atoms with Gasteiger partial charge in [-0.1, -0.05) is 0 Å². The minimum absolute atomic E-state index is 0.0876. The summed E-state index contributed by atoms with van der Waals surface area (Å²) in [5.74, 6) is -0.385. The van der Waals surface area contributed by atoms with Gasteiger partial charge >= 0.3 is 6.18 Å². The van der Waals surface area contributed by atoms with Crippen molar-refractivity contribution in [2.24, 2.45) is 0 Å². The first-order valence-electron chi connectivity index (χ1n) is 7.95. The Morgan fingerprint density at radius 3 is 2.54 bits per heavy atom. The maximum atomic E-state index is 12.9. The number of fused-ring (bicyclic) bond motifs is 1. The van der Waals surface area contributed by atoms with Crippen LogP contribution in [0.5, 0.6) is 0 Å². The first kappa shape index (κ1) is 17.9. The Balaban J connectivity index is 1.95. The lowest BCUT2D eigenvalue weighted by molar-refractivity contribution is -0.385. The zero-order valence-corrected chi connectivity index (χ0v) is 13.8. The summed E-state index contributed by atoms with van der Waals surface area (Å²) in [6.07, 6.45) is -3.43. The Hall–Kier alpha value is -2.90. The number of halogens is 3. The van der Waals surface area contributed by atoms with Crippen molar-refractivity contribution in [2.75, 3.05) is 11.4 Å². The van der Waals surface area contributed by atoms with E-state index >= 15 is 0 Å². The Labute approximate surface area is 147 Å². The van der Waals surface area contributed by atoms with E-state index in [9.17, 15) is 28.1 Å². The van der Waals surface area contributed by atoms with Gasteiger partial charge in [0.1, 0.15) is 0 Å². The van der Waals surface area contributed by atoms with Gasteiger partial charge in [0.25, 0.3) is 11.6 Å². The molecule has 0 aliphatic carbocycles. The third-order valence-corrected chi connectivity index (χ3v) is 4.41. The summed E-state index contributed by atoms with van der Waals surface area (Å²) in [5.41, 5.74) is 0.710. The molecule has 8 heteroatoms. The van der Waals surface area contributed by atoms with E-state index in [0.29, 0.717) is 36.2 Å². The number of hydrogen-bond donors (Lipinski definition) is 0. The van der Waals surface area contributed by atoms with Crippen molar-refractivity contribution in [1.82, 2.24) is 0 Å². The van der Waals surface area contributed by atoms with Crippen LogP contribution in [0.4, 0.5) is 24.5 Å². The molecule has 26 heavy (non-hydrogen) atoms. The minimum atomic E-state index is -4.43. The van der Waals surface area contributed by atoms with E-state index in [4.69, 9.17) is 0 Å². The van der Waals surface area contributed by atoms with Crippen LogP contribution >= 0.6 is 0 Å². The molecule has 5 nitrogen and oxygen atoms in total.